The predicted octanol–water partition coefficient (Wildman–Crippen LogP) is 3.06. The molecule has 0 unspecified atom stereocenters. The van der Waals surface area contributed by atoms with Crippen LogP contribution in [-0.2, 0) is 5.41 Å². The first kappa shape index (κ1) is 11.5. The summed E-state index contributed by atoms with van der Waals surface area (Å²) in [5, 5.41) is 9.26. The lowest BCUT2D eigenvalue weighted by Gasteiger charge is -2.23. The zero-order chi connectivity index (χ0) is 10.9. The van der Waals surface area contributed by atoms with Crippen LogP contribution in [0, 0.1) is 12.7 Å². The topological polar surface area (TPSA) is 20.2 Å². The molecular weight excluding hydrogens is 203 g/mol. The molecule has 0 aliphatic heterocycles. The van der Waals surface area contributed by atoms with Crippen LogP contribution in [0.3, 0.4) is 0 Å². The van der Waals surface area contributed by atoms with E-state index >= 15 is 0 Å². The molecule has 0 heterocycles. The quantitative estimate of drug-likeness (QED) is 0.806. The smallest absolute Gasteiger partial charge is 0.145 e. The van der Waals surface area contributed by atoms with Crippen molar-refractivity contribution in [3.63, 3.8) is 0 Å². The predicted molar refractivity (Wildman–Crippen MR) is 56.3 cm³/mol. The van der Waals surface area contributed by atoms with E-state index in [9.17, 15) is 4.39 Å². The number of aryl methyl sites for hydroxylation is 1. The summed E-state index contributed by atoms with van der Waals surface area (Å²) < 4.78 is 13.6. The van der Waals surface area contributed by atoms with Crippen molar-refractivity contribution in [2.75, 3.05) is 6.61 Å². The van der Waals surface area contributed by atoms with Crippen LogP contribution in [0.4, 0.5) is 4.39 Å². The molecule has 0 aliphatic carbocycles. The molecule has 0 fully saturated rings. The lowest BCUT2D eigenvalue weighted by Crippen LogP contribution is -2.23. The van der Waals surface area contributed by atoms with Gasteiger partial charge in [-0.2, -0.15) is 0 Å². The van der Waals surface area contributed by atoms with Crippen LogP contribution < -0.4 is 0 Å². The minimum Gasteiger partial charge on any atom is -0.395 e. The Kier molecular flexibility index (Phi) is 3.17. The number of benzene rings is 1. The Morgan fingerprint density at radius 1 is 1.43 bits per heavy atom. The first-order valence-electron chi connectivity index (χ1n) is 4.45. The van der Waals surface area contributed by atoms with Crippen molar-refractivity contribution in [2.24, 2.45) is 0 Å². The summed E-state index contributed by atoms with van der Waals surface area (Å²) in [6.07, 6.45) is 0. The van der Waals surface area contributed by atoms with Crippen LogP contribution in [0.25, 0.3) is 0 Å². The van der Waals surface area contributed by atoms with Crippen LogP contribution in [0.15, 0.2) is 12.1 Å². The van der Waals surface area contributed by atoms with Crippen LogP contribution in [0.5, 0.6) is 0 Å². The van der Waals surface area contributed by atoms with E-state index < -0.39 is 11.2 Å². The summed E-state index contributed by atoms with van der Waals surface area (Å²) in [6.45, 7) is 5.30. The molecule has 0 spiro atoms. The molecule has 1 rings (SSSR count). The van der Waals surface area contributed by atoms with E-state index in [1.54, 1.807) is 26.0 Å². The van der Waals surface area contributed by atoms with E-state index in [2.05, 4.69) is 0 Å². The normalized spacial score (nSPS) is 11.9. The van der Waals surface area contributed by atoms with Crippen molar-refractivity contribution in [3.8, 4) is 0 Å². The molecule has 0 saturated carbocycles. The first-order valence-corrected chi connectivity index (χ1v) is 4.83. The molecule has 0 aliphatic rings. The second-order valence-corrected chi connectivity index (χ2v) is 4.56. The van der Waals surface area contributed by atoms with Crippen LogP contribution in [0.2, 0.25) is 5.02 Å². The van der Waals surface area contributed by atoms with Gasteiger partial charge in [0.05, 0.1) is 11.6 Å². The number of rotatable bonds is 2. The van der Waals surface area contributed by atoms with Gasteiger partial charge in [-0.1, -0.05) is 31.5 Å². The number of hydrogen-bond donors (Lipinski definition) is 1. The molecule has 0 saturated heterocycles. The standard InChI is InChI=1S/C11H14ClFO/c1-7-4-8(11(2,3)6-14)10(13)9(12)5-7/h4-5,14H,6H2,1-3H3. The highest BCUT2D eigenvalue weighted by atomic mass is 35.5. The summed E-state index contributed by atoms with van der Waals surface area (Å²) in [5.74, 6) is -0.434. The van der Waals surface area contributed by atoms with E-state index in [-0.39, 0.29) is 11.6 Å². The van der Waals surface area contributed by atoms with Gasteiger partial charge in [0.25, 0.3) is 0 Å². The monoisotopic (exact) mass is 216 g/mol. The Labute approximate surface area is 88.5 Å². The maximum atomic E-state index is 13.6. The van der Waals surface area contributed by atoms with Gasteiger partial charge in [0.15, 0.2) is 0 Å². The van der Waals surface area contributed by atoms with Gasteiger partial charge in [0, 0.05) is 5.41 Å². The van der Waals surface area contributed by atoms with Gasteiger partial charge in [-0.3, -0.25) is 0 Å². The molecule has 0 amide bonds. The van der Waals surface area contributed by atoms with E-state index in [4.69, 9.17) is 16.7 Å². The molecule has 1 nitrogen and oxygen atoms in total. The molecule has 1 aromatic carbocycles. The fourth-order valence-corrected chi connectivity index (χ4v) is 1.58. The molecule has 0 aromatic heterocycles. The molecule has 14 heavy (non-hydrogen) atoms. The highest BCUT2D eigenvalue weighted by molar-refractivity contribution is 6.30. The Balaban J connectivity index is 3.34. The van der Waals surface area contributed by atoms with Gasteiger partial charge in [-0.15, -0.1) is 0 Å². The van der Waals surface area contributed by atoms with E-state index in [0.29, 0.717) is 5.56 Å². The molecule has 0 bridgehead atoms. The largest absolute Gasteiger partial charge is 0.395 e. The summed E-state index contributed by atoms with van der Waals surface area (Å²) in [7, 11) is 0. The first-order chi connectivity index (χ1) is 6.38. The van der Waals surface area contributed by atoms with Gasteiger partial charge in [-0.25, -0.2) is 4.39 Å². The molecule has 0 radical (unpaired) electrons. The summed E-state index contributed by atoms with van der Waals surface area (Å²) in [6, 6.07) is 3.30. The van der Waals surface area contributed by atoms with Crippen molar-refractivity contribution < 1.29 is 9.50 Å². The fourth-order valence-electron chi connectivity index (χ4n) is 1.30. The highest BCUT2D eigenvalue weighted by Crippen LogP contribution is 2.30. The molecule has 3 heteroatoms. The summed E-state index contributed by atoms with van der Waals surface area (Å²) in [5.41, 5.74) is 0.762. The van der Waals surface area contributed by atoms with Gasteiger partial charge >= 0.3 is 0 Å². The third-order valence-corrected chi connectivity index (χ3v) is 2.57. The highest BCUT2D eigenvalue weighted by Gasteiger charge is 2.24. The van der Waals surface area contributed by atoms with Crippen molar-refractivity contribution in [1.82, 2.24) is 0 Å². The lowest BCUT2D eigenvalue weighted by molar-refractivity contribution is 0.215. The Morgan fingerprint density at radius 2 is 2.00 bits per heavy atom. The van der Waals surface area contributed by atoms with Crippen LogP contribution in [0.1, 0.15) is 25.0 Å². The van der Waals surface area contributed by atoms with Crippen LogP contribution in [-0.4, -0.2) is 11.7 Å². The van der Waals surface area contributed by atoms with Gasteiger partial charge < -0.3 is 5.11 Å². The Morgan fingerprint density at radius 3 is 2.50 bits per heavy atom. The van der Waals surface area contributed by atoms with Crippen molar-refractivity contribution in [2.45, 2.75) is 26.2 Å². The van der Waals surface area contributed by atoms with Gasteiger partial charge in [0.1, 0.15) is 5.82 Å². The number of halogens is 2. The molecule has 1 N–H and O–H groups in total. The van der Waals surface area contributed by atoms with Crippen molar-refractivity contribution >= 4 is 11.6 Å². The molecular formula is C11H14ClFO. The zero-order valence-corrected chi connectivity index (χ0v) is 9.32. The van der Waals surface area contributed by atoms with Gasteiger partial charge in [0.2, 0.25) is 0 Å². The van der Waals surface area contributed by atoms with E-state index in [1.807, 2.05) is 6.92 Å². The third kappa shape index (κ3) is 2.07. The van der Waals surface area contributed by atoms with Crippen molar-refractivity contribution in [3.05, 3.63) is 34.1 Å². The second-order valence-electron chi connectivity index (χ2n) is 4.15. The maximum absolute atomic E-state index is 13.6. The minimum absolute atomic E-state index is 0.107. The number of aliphatic hydroxyl groups excluding tert-OH is 1. The average molecular weight is 217 g/mol. The van der Waals surface area contributed by atoms with Crippen LogP contribution >= 0.6 is 11.6 Å². The lowest BCUT2D eigenvalue weighted by atomic mass is 9.84. The number of hydrogen-bond acceptors (Lipinski definition) is 1. The maximum Gasteiger partial charge on any atom is 0.145 e. The Bertz CT molecular complexity index is 347. The fraction of sp³-hybridized carbons (Fsp3) is 0.455. The summed E-state index contributed by atoms with van der Waals surface area (Å²) in [4.78, 5) is 0. The average Bonchev–Trinajstić information content (AvgIpc) is 2.11. The zero-order valence-electron chi connectivity index (χ0n) is 8.56. The van der Waals surface area contributed by atoms with Gasteiger partial charge in [-0.05, 0) is 24.1 Å². The molecule has 0 atom stereocenters. The third-order valence-electron chi connectivity index (χ3n) is 2.30. The SMILES string of the molecule is Cc1cc(Cl)c(F)c(C(C)(C)CO)c1. The number of aliphatic hydroxyl groups is 1. The summed E-state index contributed by atoms with van der Waals surface area (Å²) >= 11 is 5.73. The minimum atomic E-state index is -0.597. The molecule has 1 aromatic rings. The van der Waals surface area contributed by atoms with Crippen molar-refractivity contribution in [1.29, 1.82) is 0 Å². The Hall–Kier alpha value is -0.600. The van der Waals surface area contributed by atoms with E-state index in [1.165, 1.54) is 0 Å². The molecule has 78 valence electrons. The van der Waals surface area contributed by atoms with E-state index in [0.717, 1.165) is 5.56 Å². The second kappa shape index (κ2) is 3.87.